The first-order valence-electron chi connectivity index (χ1n) is 9.06. The second-order valence-electron chi connectivity index (χ2n) is 7.23. The van der Waals surface area contributed by atoms with Gasteiger partial charge in [-0.2, -0.15) is 0 Å². The zero-order valence-corrected chi connectivity index (χ0v) is 15.6. The summed E-state index contributed by atoms with van der Waals surface area (Å²) in [4.78, 5) is 20.5. The van der Waals surface area contributed by atoms with Gasteiger partial charge in [0.05, 0.1) is 18.4 Å². The molecule has 2 aromatic rings. The summed E-state index contributed by atoms with van der Waals surface area (Å²) in [7, 11) is 0. The van der Waals surface area contributed by atoms with E-state index in [1.165, 1.54) is 0 Å². The number of hydrogen-bond donors (Lipinski definition) is 0. The van der Waals surface area contributed by atoms with E-state index in [0.29, 0.717) is 48.7 Å². The third-order valence-corrected chi connectivity index (χ3v) is 5.35. The van der Waals surface area contributed by atoms with Gasteiger partial charge in [-0.25, -0.2) is 8.78 Å². The molecule has 0 bridgehead atoms. The molecule has 7 heteroatoms. The number of piperidine rings is 1. The van der Waals surface area contributed by atoms with E-state index in [1.54, 1.807) is 34.3 Å². The van der Waals surface area contributed by atoms with Crippen LogP contribution in [-0.2, 0) is 13.0 Å². The van der Waals surface area contributed by atoms with E-state index in [-0.39, 0.29) is 18.9 Å². The molecule has 27 heavy (non-hydrogen) atoms. The average Bonchev–Trinajstić information content (AvgIpc) is 2.61. The molecule has 0 unspecified atom stereocenters. The summed E-state index contributed by atoms with van der Waals surface area (Å²) in [5.41, 5.74) is 3.12. The van der Waals surface area contributed by atoms with E-state index in [2.05, 4.69) is 4.98 Å². The molecule has 1 aromatic carbocycles. The van der Waals surface area contributed by atoms with Crippen molar-refractivity contribution in [2.24, 2.45) is 0 Å². The fraction of sp³-hybridized carbons (Fsp3) is 0.400. The highest BCUT2D eigenvalue weighted by atomic mass is 35.5. The van der Waals surface area contributed by atoms with Crippen LogP contribution in [0.5, 0.6) is 0 Å². The van der Waals surface area contributed by atoms with Crippen LogP contribution in [-0.4, -0.2) is 41.3 Å². The SMILES string of the molecule is O=C1c2ccc(Cl)cc2CCN1c1cncc(CN2CCCC(F)(F)C2)c1. The molecular formula is C20H20ClF2N3O. The van der Waals surface area contributed by atoms with E-state index in [4.69, 9.17) is 11.6 Å². The lowest BCUT2D eigenvalue weighted by Crippen LogP contribution is -2.42. The predicted octanol–water partition coefficient (Wildman–Crippen LogP) is 4.17. The van der Waals surface area contributed by atoms with Crippen LogP contribution in [0.15, 0.2) is 36.7 Å². The van der Waals surface area contributed by atoms with Crippen molar-refractivity contribution in [2.75, 3.05) is 24.5 Å². The maximum absolute atomic E-state index is 13.6. The Morgan fingerprint density at radius 1 is 1.19 bits per heavy atom. The monoisotopic (exact) mass is 391 g/mol. The zero-order valence-electron chi connectivity index (χ0n) is 14.8. The summed E-state index contributed by atoms with van der Waals surface area (Å²) < 4.78 is 27.3. The second kappa shape index (κ2) is 7.17. The Morgan fingerprint density at radius 2 is 2.04 bits per heavy atom. The molecule has 4 nitrogen and oxygen atoms in total. The smallest absolute Gasteiger partial charge is 0.260 e. The number of hydrogen-bond acceptors (Lipinski definition) is 3. The standard InChI is InChI=1S/C20H20ClF2N3O/c21-16-2-3-18-15(9-16)4-7-26(19(18)27)17-8-14(10-24-11-17)12-25-6-1-5-20(22,23)13-25/h2-3,8-11H,1,4-7,12-13H2. The quantitative estimate of drug-likeness (QED) is 0.788. The first-order valence-corrected chi connectivity index (χ1v) is 9.43. The number of aromatic nitrogens is 1. The number of likely N-dealkylation sites (tertiary alicyclic amines) is 1. The number of anilines is 1. The fourth-order valence-corrected chi connectivity index (χ4v) is 4.05. The number of fused-ring (bicyclic) bond motifs is 1. The zero-order chi connectivity index (χ0) is 19.0. The first kappa shape index (κ1) is 18.3. The number of nitrogens with zero attached hydrogens (tertiary/aromatic N) is 3. The average molecular weight is 392 g/mol. The van der Waals surface area contributed by atoms with Crippen LogP contribution in [0.25, 0.3) is 0 Å². The largest absolute Gasteiger partial charge is 0.306 e. The molecule has 0 N–H and O–H groups in total. The van der Waals surface area contributed by atoms with Crippen molar-refractivity contribution in [1.29, 1.82) is 0 Å². The molecule has 142 valence electrons. The van der Waals surface area contributed by atoms with Gasteiger partial charge in [0.2, 0.25) is 0 Å². The van der Waals surface area contributed by atoms with Crippen LogP contribution in [0.4, 0.5) is 14.5 Å². The molecular weight excluding hydrogens is 372 g/mol. The number of alkyl halides is 2. The Bertz CT molecular complexity index is 874. The van der Waals surface area contributed by atoms with Gasteiger partial charge in [-0.15, -0.1) is 0 Å². The minimum absolute atomic E-state index is 0.0481. The molecule has 0 radical (unpaired) electrons. The number of carbonyl (C=O) groups excluding carboxylic acids is 1. The molecule has 3 heterocycles. The number of benzene rings is 1. The predicted molar refractivity (Wildman–Crippen MR) is 101 cm³/mol. The Hall–Kier alpha value is -2.05. The highest BCUT2D eigenvalue weighted by Crippen LogP contribution is 2.29. The molecule has 0 saturated carbocycles. The third kappa shape index (κ3) is 3.96. The number of pyridine rings is 1. The van der Waals surface area contributed by atoms with E-state index in [0.717, 1.165) is 11.1 Å². The van der Waals surface area contributed by atoms with Gasteiger partial charge in [-0.3, -0.25) is 14.7 Å². The van der Waals surface area contributed by atoms with Crippen molar-refractivity contribution in [3.63, 3.8) is 0 Å². The van der Waals surface area contributed by atoms with Crippen LogP contribution in [0.2, 0.25) is 5.02 Å². The minimum atomic E-state index is -2.63. The molecule has 4 rings (SSSR count). The highest BCUT2D eigenvalue weighted by molar-refractivity contribution is 6.30. The number of amides is 1. The van der Waals surface area contributed by atoms with Crippen molar-refractivity contribution >= 4 is 23.2 Å². The molecule has 0 spiro atoms. The van der Waals surface area contributed by atoms with Crippen LogP contribution in [0.3, 0.4) is 0 Å². The van der Waals surface area contributed by atoms with Gasteiger partial charge in [0.15, 0.2) is 0 Å². The molecule has 0 atom stereocenters. The number of halogens is 3. The van der Waals surface area contributed by atoms with Gasteiger partial charge in [-0.1, -0.05) is 11.6 Å². The summed E-state index contributed by atoms with van der Waals surface area (Å²) >= 11 is 6.02. The van der Waals surface area contributed by atoms with Crippen LogP contribution in [0.1, 0.15) is 34.3 Å². The summed E-state index contributed by atoms with van der Waals surface area (Å²) in [6.07, 6.45) is 4.48. The lowest BCUT2D eigenvalue weighted by molar-refractivity contribution is -0.0661. The van der Waals surface area contributed by atoms with Crippen LogP contribution >= 0.6 is 11.6 Å². The Labute approximate surface area is 161 Å². The Morgan fingerprint density at radius 3 is 2.85 bits per heavy atom. The minimum Gasteiger partial charge on any atom is -0.306 e. The van der Waals surface area contributed by atoms with Gasteiger partial charge >= 0.3 is 0 Å². The summed E-state index contributed by atoms with van der Waals surface area (Å²) in [6, 6.07) is 7.17. The van der Waals surface area contributed by atoms with Gasteiger partial charge in [0, 0.05) is 36.3 Å². The lowest BCUT2D eigenvalue weighted by Gasteiger charge is -2.32. The van der Waals surface area contributed by atoms with E-state index in [1.807, 2.05) is 12.1 Å². The van der Waals surface area contributed by atoms with Gasteiger partial charge in [-0.05, 0) is 54.8 Å². The Kier molecular flexibility index (Phi) is 4.86. The van der Waals surface area contributed by atoms with Crippen molar-refractivity contribution in [2.45, 2.75) is 31.7 Å². The van der Waals surface area contributed by atoms with Crippen molar-refractivity contribution in [3.05, 3.63) is 58.4 Å². The number of carbonyl (C=O) groups is 1. The third-order valence-electron chi connectivity index (χ3n) is 5.12. The van der Waals surface area contributed by atoms with Crippen LogP contribution < -0.4 is 4.90 Å². The van der Waals surface area contributed by atoms with Crippen molar-refractivity contribution in [1.82, 2.24) is 9.88 Å². The van der Waals surface area contributed by atoms with E-state index in [9.17, 15) is 13.6 Å². The normalized spacial score (nSPS) is 19.8. The lowest BCUT2D eigenvalue weighted by atomic mass is 9.98. The molecule has 1 aromatic heterocycles. The Balaban J connectivity index is 1.53. The van der Waals surface area contributed by atoms with Gasteiger partial charge in [0.25, 0.3) is 11.8 Å². The maximum atomic E-state index is 13.6. The molecule has 1 fully saturated rings. The highest BCUT2D eigenvalue weighted by Gasteiger charge is 2.35. The fourth-order valence-electron chi connectivity index (χ4n) is 3.85. The van der Waals surface area contributed by atoms with Crippen LogP contribution in [0, 0.1) is 0 Å². The summed E-state index contributed by atoms with van der Waals surface area (Å²) in [6.45, 7) is 1.37. The van der Waals surface area contributed by atoms with Crippen molar-refractivity contribution < 1.29 is 13.6 Å². The molecule has 1 saturated heterocycles. The molecule has 0 aliphatic carbocycles. The maximum Gasteiger partial charge on any atom is 0.260 e. The second-order valence-corrected chi connectivity index (χ2v) is 7.67. The van der Waals surface area contributed by atoms with Crippen molar-refractivity contribution in [3.8, 4) is 0 Å². The van der Waals surface area contributed by atoms with E-state index < -0.39 is 5.92 Å². The topological polar surface area (TPSA) is 36.4 Å². The summed E-state index contributed by atoms with van der Waals surface area (Å²) in [5, 5.41) is 0.622. The van der Waals surface area contributed by atoms with E-state index >= 15 is 0 Å². The van der Waals surface area contributed by atoms with Gasteiger partial charge in [0.1, 0.15) is 0 Å². The molecule has 2 aliphatic heterocycles. The first-order chi connectivity index (χ1) is 12.9. The molecule has 1 amide bonds. The molecule has 2 aliphatic rings. The van der Waals surface area contributed by atoms with Gasteiger partial charge < -0.3 is 4.90 Å². The summed E-state index contributed by atoms with van der Waals surface area (Å²) in [5.74, 6) is -2.71. The number of rotatable bonds is 3.